The summed E-state index contributed by atoms with van der Waals surface area (Å²) in [5, 5.41) is 1.11. The molecule has 0 spiro atoms. The summed E-state index contributed by atoms with van der Waals surface area (Å²) in [6.07, 6.45) is 6.01. The van der Waals surface area contributed by atoms with Crippen molar-refractivity contribution >= 4 is 33.5 Å². The van der Waals surface area contributed by atoms with Gasteiger partial charge in [0, 0.05) is 13.1 Å². The number of rotatable bonds is 10. The zero-order valence-electron chi connectivity index (χ0n) is 19.3. The van der Waals surface area contributed by atoms with Crippen molar-refractivity contribution in [2.75, 3.05) is 24.6 Å². The molecule has 1 aromatic heterocycles. The van der Waals surface area contributed by atoms with Gasteiger partial charge in [0.2, 0.25) is 0 Å². The minimum atomic E-state index is 0.522. The van der Waals surface area contributed by atoms with Gasteiger partial charge in [0.25, 0.3) is 0 Å². The highest BCUT2D eigenvalue weighted by Gasteiger charge is 2.11. The van der Waals surface area contributed by atoms with Gasteiger partial charge < -0.3 is 14.4 Å². The Labute approximate surface area is 196 Å². The Kier molecular flexibility index (Phi) is 13.1. The zero-order valence-corrected chi connectivity index (χ0v) is 20.1. The van der Waals surface area contributed by atoms with E-state index in [1.807, 2.05) is 44.1 Å². The lowest BCUT2D eigenvalue weighted by atomic mass is 10.1. The van der Waals surface area contributed by atoms with Crippen LogP contribution in [0.15, 0.2) is 86.0 Å². The second-order valence-corrected chi connectivity index (χ2v) is 7.71. The van der Waals surface area contributed by atoms with Gasteiger partial charge in [-0.2, -0.15) is 0 Å². The van der Waals surface area contributed by atoms with Gasteiger partial charge in [-0.3, -0.25) is 0 Å². The number of benzene rings is 2. The Hall–Kier alpha value is -3.18. The van der Waals surface area contributed by atoms with E-state index in [0.717, 1.165) is 47.9 Å². The van der Waals surface area contributed by atoms with Crippen molar-refractivity contribution in [2.45, 2.75) is 26.7 Å². The molecule has 32 heavy (non-hydrogen) atoms. The molecule has 0 atom stereocenters. The minimum Gasteiger partial charge on any atom is -0.489 e. The Morgan fingerprint density at radius 2 is 1.81 bits per heavy atom. The van der Waals surface area contributed by atoms with Gasteiger partial charge in [0.15, 0.2) is 5.13 Å². The Morgan fingerprint density at radius 1 is 1.12 bits per heavy atom. The first-order valence-electron chi connectivity index (χ1n) is 10.6. The van der Waals surface area contributed by atoms with Gasteiger partial charge in [-0.05, 0) is 56.0 Å². The normalized spacial score (nSPS) is 10.1. The van der Waals surface area contributed by atoms with Crippen molar-refractivity contribution in [3.05, 3.63) is 91.6 Å². The van der Waals surface area contributed by atoms with Gasteiger partial charge >= 0.3 is 0 Å². The van der Waals surface area contributed by atoms with E-state index in [0.29, 0.717) is 6.61 Å². The number of allylic oxidation sites excluding steroid dienone is 1. The average molecular weight is 451 g/mol. The van der Waals surface area contributed by atoms with E-state index in [-0.39, 0.29) is 0 Å². The number of aromatic nitrogens is 1. The number of carbonyl (C=O) groups is 1. The number of hydrogen-bond acceptors (Lipinski definition) is 5. The molecule has 0 saturated carbocycles. The summed E-state index contributed by atoms with van der Waals surface area (Å²) in [4.78, 5) is 15.2. The van der Waals surface area contributed by atoms with Gasteiger partial charge in [0.05, 0.1) is 10.2 Å². The van der Waals surface area contributed by atoms with Crippen molar-refractivity contribution in [3.8, 4) is 5.75 Å². The third-order valence-corrected chi connectivity index (χ3v) is 5.69. The molecule has 0 bridgehead atoms. The maximum absolute atomic E-state index is 8.00. The fraction of sp³-hybridized carbons (Fsp3) is 0.259. The molecule has 1 heterocycles. The van der Waals surface area contributed by atoms with Crippen LogP contribution in [0.3, 0.4) is 0 Å². The zero-order chi connectivity index (χ0) is 23.8. The smallest absolute Gasteiger partial charge is 0.186 e. The third-order valence-electron chi connectivity index (χ3n) is 4.60. The van der Waals surface area contributed by atoms with E-state index in [1.165, 1.54) is 10.3 Å². The first kappa shape index (κ1) is 26.9. The summed E-state index contributed by atoms with van der Waals surface area (Å²) < 4.78 is 7.23. The fourth-order valence-electron chi connectivity index (χ4n) is 3.15. The topological polar surface area (TPSA) is 42.4 Å². The highest BCUT2D eigenvalue weighted by atomic mass is 32.1. The molecule has 0 fully saturated rings. The fourth-order valence-corrected chi connectivity index (χ4v) is 4.21. The number of aryl methyl sites for hydroxylation is 1. The Balaban J connectivity index is 0.00000121. The van der Waals surface area contributed by atoms with Crippen LogP contribution < -0.4 is 9.64 Å². The van der Waals surface area contributed by atoms with Crippen LogP contribution >= 0.6 is 11.3 Å². The quantitative estimate of drug-likeness (QED) is 0.249. The van der Waals surface area contributed by atoms with Crippen molar-refractivity contribution in [1.29, 1.82) is 0 Å². The number of fused-ring (bicyclic) bond motifs is 1. The second-order valence-electron chi connectivity index (χ2n) is 6.70. The molecule has 0 saturated heterocycles. The van der Waals surface area contributed by atoms with Crippen LogP contribution in [0.2, 0.25) is 0 Å². The Morgan fingerprint density at radius 3 is 2.50 bits per heavy atom. The van der Waals surface area contributed by atoms with Gasteiger partial charge in [-0.25, -0.2) is 4.98 Å². The second kappa shape index (κ2) is 15.6. The van der Waals surface area contributed by atoms with Crippen LogP contribution in [-0.2, 0) is 11.2 Å². The Bertz CT molecular complexity index is 945. The molecule has 0 aliphatic rings. The highest BCUT2D eigenvalue weighted by molar-refractivity contribution is 7.22. The molecule has 2 aromatic carbocycles. The molecule has 0 radical (unpaired) electrons. The number of ether oxygens (including phenoxy) is 1. The van der Waals surface area contributed by atoms with E-state index in [9.17, 15) is 0 Å². The molecule has 0 aliphatic heterocycles. The van der Waals surface area contributed by atoms with Crippen LogP contribution in [0, 0.1) is 0 Å². The summed E-state index contributed by atoms with van der Waals surface area (Å²) in [6, 6.07) is 16.6. The van der Waals surface area contributed by atoms with Crippen LogP contribution in [0.4, 0.5) is 5.13 Å². The number of hydrogen-bond donors (Lipinski definition) is 0. The number of carbonyl (C=O) groups excluding carboxylic acids is 1. The minimum absolute atomic E-state index is 0.522. The molecule has 5 heteroatoms. The predicted octanol–water partition coefficient (Wildman–Crippen LogP) is 6.88. The molecular weight excluding hydrogens is 416 g/mol. The van der Waals surface area contributed by atoms with E-state index in [2.05, 4.69) is 61.9 Å². The first-order chi connectivity index (χ1) is 15.7. The van der Waals surface area contributed by atoms with Crippen molar-refractivity contribution in [2.24, 2.45) is 0 Å². The standard InChI is InChI=1S/C24H28N2OS.C2H4.CH2O/c1-4-11-19(3)18-27-22-15-8-6-12-20(22)13-10-17-26(5-2)24-25-21-14-7-9-16-23(21)28-24;2*1-2/h4,6-9,11-12,14-16H,3,5,10,13,17-18H2,1-2H3;1-2H2;1H2/b11-4-;;. The summed E-state index contributed by atoms with van der Waals surface area (Å²) >= 11 is 1.77. The summed E-state index contributed by atoms with van der Waals surface area (Å²) in [5.41, 5.74) is 3.31. The molecule has 3 aromatic rings. The molecule has 0 N–H and O–H groups in total. The highest BCUT2D eigenvalue weighted by Crippen LogP contribution is 2.29. The number of para-hydroxylation sites is 2. The molecular formula is C27H34N2O2S. The predicted molar refractivity (Wildman–Crippen MR) is 140 cm³/mol. The monoisotopic (exact) mass is 450 g/mol. The van der Waals surface area contributed by atoms with E-state index >= 15 is 0 Å². The van der Waals surface area contributed by atoms with E-state index in [4.69, 9.17) is 14.5 Å². The maximum atomic E-state index is 8.00. The van der Waals surface area contributed by atoms with Crippen LogP contribution in [0.5, 0.6) is 5.75 Å². The van der Waals surface area contributed by atoms with Crippen LogP contribution in [-0.4, -0.2) is 31.5 Å². The van der Waals surface area contributed by atoms with Crippen molar-refractivity contribution in [3.63, 3.8) is 0 Å². The molecule has 170 valence electrons. The maximum Gasteiger partial charge on any atom is 0.186 e. The third kappa shape index (κ3) is 8.16. The first-order valence-corrected chi connectivity index (χ1v) is 11.4. The summed E-state index contributed by atoms with van der Waals surface area (Å²) in [6.45, 7) is 18.7. The summed E-state index contributed by atoms with van der Waals surface area (Å²) in [7, 11) is 0. The lowest BCUT2D eigenvalue weighted by molar-refractivity contribution is -0.0979. The van der Waals surface area contributed by atoms with E-state index in [1.54, 1.807) is 11.3 Å². The average Bonchev–Trinajstić information content (AvgIpc) is 3.28. The van der Waals surface area contributed by atoms with Crippen molar-refractivity contribution < 1.29 is 9.53 Å². The number of thiazole rings is 1. The van der Waals surface area contributed by atoms with E-state index < -0.39 is 0 Å². The number of anilines is 1. The molecule has 3 rings (SSSR count). The lowest BCUT2D eigenvalue weighted by Gasteiger charge is -2.20. The van der Waals surface area contributed by atoms with Crippen LogP contribution in [0.25, 0.3) is 10.2 Å². The largest absolute Gasteiger partial charge is 0.489 e. The SMILES string of the molecule is C=C.C=C(/C=C\C)COc1ccccc1CCCN(CC)c1nc2ccccc2s1.C=O. The number of nitrogens with zero attached hydrogens (tertiary/aromatic N) is 2. The molecule has 0 unspecified atom stereocenters. The van der Waals surface area contributed by atoms with Gasteiger partial charge in [-0.15, -0.1) is 13.2 Å². The molecule has 0 aliphatic carbocycles. The summed E-state index contributed by atoms with van der Waals surface area (Å²) in [5.74, 6) is 0.955. The van der Waals surface area contributed by atoms with Gasteiger partial charge in [-0.1, -0.05) is 60.4 Å². The van der Waals surface area contributed by atoms with Crippen molar-refractivity contribution in [1.82, 2.24) is 4.98 Å². The molecule has 0 amide bonds. The lowest BCUT2D eigenvalue weighted by Crippen LogP contribution is -2.24. The van der Waals surface area contributed by atoms with Crippen LogP contribution in [0.1, 0.15) is 25.8 Å². The molecule has 4 nitrogen and oxygen atoms in total. The van der Waals surface area contributed by atoms with Gasteiger partial charge in [0.1, 0.15) is 19.1 Å².